The van der Waals surface area contributed by atoms with Gasteiger partial charge in [-0.3, -0.25) is 0 Å². The average molecular weight is 631 g/mol. The number of aryl methyl sites for hydroxylation is 2. The summed E-state index contributed by atoms with van der Waals surface area (Å²) >= 11 is 0. The van der Waals surface area contributed by atoms with Crippen LogP contribution in [0.3, 0.4) is 0 Å². The maximum absolute atomic E-state index is 14.3. The minimum absolute atomic E-state index is 0.109. The molecule has 0 fully saturated rings. The van der Waals surface area contributed by atoms with E-state index < -0.39 is 11.7 Å². The molecule has 0 atom stereocenters. The smallest absolute Gasteiger partial charge is 0.309 e. The Balaban J connectivity index is 1.56. The molecule has 230 valence electrons. The molecule has 6 aromatic carbocycles. The van der Waals surface area contributed by atoms with Crippen molar-refractivity contribution in [1.29, 1.82) is 10.5 Å². The van der Waals surface area contributed by atoms with Crippen molar-refractivity contribution in [2.24, 2.45) is 0 Å². The van der Waals surface area contributed by atoms with E-state index in [0.717, 1.165) is 66.9 Å². The summed E-state index contributed by atoms with van der Waals surface area (Å²) in [6.45, 7) is 3.99. The van der Waals surface area contributed by atoms with Crippen molar-refractivity contribution in [2.75, 3.05) is 0 Å². The molecule has 0 unspecified atom stereocenters. The number of nitriles is 2. The molecule has 2 aromatic heterocycles. The predicted octanol–water partition coefficient (Wildman–Crippen LogP) is 10.9. The maximum atomic E-state index is 14.3. The van der Waals surface area contributed by atoms with E-state index in [1.807, 2.05) is 102 Å². The van der Waals surface area contributed by atoms with Crippen LogP contribution in [0.4, 0.5) is 13.2 Å². The van der Waals surface area contributed by atoms with Crippen LogP contribution in [0.25, 0.3) is 66.1 Å². The Morgan fingerprint density at radius 3 is 1.62 bits per heavy atom. The van der Waals surface area contributed by atoms with Gasteiger partial charge in [0.05, 0.1) is 56.2 Å². The predicted molar refractivity (Wildman–Crippen MR) is 184 cm³/mol. The maximum Gasteiger partial charge on any atom is 0.416 e. The van der Waals surface area contributed by atoms with Crippen molar-refractivity contribution in [3.63, 3.8) is 0 Å². The fourth-order valence-corrected chi connectivity index (χ4v) is 6.96. The third-order valence-electron chi connectivity index (χ3n) is 9.08. The number of benzene rings is 6. The van der Waals surface area contributed by atoms with Gasteiger partial charge >= 0.3 is 6.18 Å². The largest absolute Gasteiger partial charge is 0.416 e. The number of rotatable bonds is 3. The second-order valence-corrected chi connectivity index (χ2v) is 12.2. The molecule has 0 saturated carbocycles. The first-order chi connectivity index (χ1) is 23.2. The molecule has 7 heteroatoms. The highest BCUT2D eigenvalue weighted by Gasteiger charge is 2.32. The Bertz CT molecular complexity index is 2710. The molecule has 2 heterocycles. The number of fused-ring (bicyclic) bond motifs is 6. The number of alkyl halides is 3. The number of halogens is 3. The van der Waals surface area contributed by atoms with E-state index in [0.29, 0.717) is 22.5 Å². The molecule has 0 amide bonds. The molecule has 0 saturated heterocycles. The third kappa shape index (κ3) is 4.44. The highest BCUT2D eigenvalue weighted by Crippen LogP contribution is 2.42. The van der Waals surface area contributed by atoms with Gasteiger partial charge in [-0.25, -0.2) is 0 Å². The number of para-hydroxylation sites is 2. The van der Waals surface area contributed by atoms with E-state index in [-0.39, 0.29) is 11.1 Å². The van der Waals surface area contributed by atoms with Gasteiger partial charge < -0.3 is 9.13 Å². The normalized spacial score (nSPS) is 11.8. The first-order valence-electron chi connectivity index (χ1n) is 15.4. The lowest BCUT2D eigenvalue weighted by atomic mass is 9.95. The van der Waals surface area contributed by atoms with Crippen LogP contribution in [-0.2, 0) is 6.18 Å². The summed E-state index contributed by atoms with van der Waals surface area (Å²) < 4.78 is 46.9. The molecular weight excluding hydrogens is 605 g/mol. The van der Waals surface area contributed by atoms with Gasteiger partial charge in [0.15, 0.2) is 0 Å². The molecule has 0 aliphatic heterocycles. The van der Waals surface area contributed by atoms with E-state index in [2.05, 4.69) is 18.2 Å². The summed E-state index contributed by atoms with van der Waals surface area (Å²) in [5.74, 6) is 0. The van der Waals surface area contributed by atoms with Crippen LogP contribution in [0.1, 0.15) is 27.8 Å². The number of hydrogen-bond acceptors (Lipinski definition) is 2. The minimum atomic E-state index is -4.68. The molecule has 8 aromatic rings. The zero-order valence-electron chi connectivity index (χ0n) is 25.9. The Kier molecular flexibility index (Phi) is 6.44. The third-order valence-corrected chi connectivity index (χ3v) is 9.08. The van der Waals surface area contributed by atoms with Gasteiger partial charge in [-0.1, -0.05) is 60.7 Å². The topological polar surface area (TPSA) is 57.4 Å². The summed E-state index contributed by atoms with van der Waals surface area (Å²) in [6.07, 6.45) is -4.68. The van der Waals surface area contributed by atoms with Gasteiger partial charge in [-0.2, -0.15) is 23.7 Å². The summed E-state index contributed by atoms with van der Waals surface area (Å²) in [5.41, 5.74) is 6.54. The van der Waals surface area contributed by atoms with Crippen LogP contribution in [-0.4, -0.2) is 9.13 Å². The highest BCUT2D eigenvalue weighted by atomic mass is 19.4. The van der Waals surface area contributed by atoms with Crippen LogP contribution in [0.15, 0.2) is 115 Å². The van der Waals surface area contributed by atoms with Crippen LogP contribution >= 0.6 is 0 Å². The van der Waals surface area contributed by atoms with Crippen molar-refractivity contribution in [3.05, 3.63) is 143 Å². The fourth-order valence-electron chi connectivity index (χ4n) is 6.96. The second-order valence-electron chi connectivity index (χ2n) is 12.2. The zero-order chi connectivity index (χ0) is 33.3. The molecule has 0 radical (unpaired) electrons. The highest BCUT2D eigenvalue weighted by molar-refractivity contribution is 6.11. The minimum Gasteiger partial charge on any atom is -0.309 e. The van der Waals surface area contributed by atoms with Gasteiger partial charge in [-0.05, 0) is 85.1 Å². The number of aromatic nitrogens is 2. The molecular formula is C41H25F3N4. The van der Waals surface area contributed by atoms with E-state index in [1.54, 1.807) is 12.1 Å². The Morgan fingerprint density at radius 2 is 1.08 bits per heavy atom. The van der Waals surface area contributed by atoms with Crippen LogP contribution < -0.4 is 0 Å². The zero-order valence-corrected chi connectivity index (χ0v) is 25.9. The van der Waals surface area contributed by atoms with Gasteiger partial charge in [0, 0.05) is 27.1 Å². The SMILES string of the molecule is Cc1ccc2c3ccccc3n(-c3cc(-c4cc(C#N)cc(C(F)(F)F)c4)c(-n4c5ccccc5c5ccc(C)cc54)cc3C#N)c2c1. The van der Waals surface area contributed by atoms with E-state index >= 15 is 0 Å². The molecule has 0 bridgehead atoms. The fraction of sp³-hybridized carbons (Fsp3) is 0.0732. The number of nitrogens with zero attached hydrogens (tertiary/aromatic N) is 4. The van der Waals surface area contributed by atoms with Crippen LogP contribution in [0, 0.1) is 36.5 Å². The molecule has 8 rings (SSSR count). The summed E-state index contributed by atoms with van der Waals surface area (Å²) in [6, 6.07) is 39.3. The van der Waals surface area contributed by atoms with Crippen LogP contribution in [0.5, 0.6) is 0 Å². The van der Waals surface area contributed by atoms with Crippen molar-refractivity contribution < 1.29 is 13.2 Å². The van der Waals surface area contributed by atoms with Gasteiger partial charge in [0.2, 0.25) is 0 Å². The van der Waals surface area contributed by atoms with Crippen molar-refractivity contribution >= 4 is 43.6 Å². The first kappa shape index (κ1) is 29.1. The Morgan fingerprint density at radius 1 is 0.542 bits per heavy atom. The molecule has 0 N–H and O–H groups in total. The first-order valence-corrected chi connectivity index (χ1v) is 15.4. The quantitative estimate of drug-likeness (QED) is 0.195. The second kappa shape index (κ2) is 10.6. The average Bonchev–Trinajstić information content (AvgIpc) is 3.58. The van der Waals surface area contributed by atoms with E-state index in [1.165, 1.54) is 6.07 Å². The van der Waals surface area contributed by atoms with Gasteiger partial charge in [-0.15, -0.1) is 0 Å². The monoisotopic (exact) mass is 630 g/mol. The van der Waals surface area contributed by atoms with Crippen molar-refractivity contribution in [3.8, 4) is 34.6 Å². The lowest BCUT2D eigenvalue weighted by Gasteiger charge is -2.20. The number of hydrogen-bond donors (Lipinski definition) is 0. The molecule has 48 heavy (non-hydrogen) atoms. The summed E-state index contributed by atoms with van der Waals surface area (Å²) in [4.78, 5) is 0. The van der Waals surface area contributed by atoms with Crippen LogP contribution in [0.2, 0.25) is 0 Å². The molecule has 4 nitrogen and oxygen atoms in total. The molecule has 0 spiro atoms. The standard InChI is InChI=1S/C41H25F3N4/c1-24-11-13-32-30-7-3-5-9-35(30)47(38(32)15-24)37-21-34(27-17-26(22-45)18-29(19-27)41(42,43)44)40(20-28(37)23-46)48-36-10-6-4-8-31(36)33-14-12-25(2)16-39(33)48/h3-21H,1-2H3. The van der Waals surface area contributed by atoms with E-state index in [9.17, 15) is 23.7 Å². The van der Waals surface area contributed by atoms with Gasteiger partial charge in [0.25, 0.3) is 0 Å². The van der Waals surface area contributed by atoms with E-state index in [4.69, 9.17) is 0 Å². The Hall–Kier alpha value is -6.31. The molecule has 0 aliphatic rings. The Labute approximate surface area is 273 Å². The van der Waals surface area contributed by atoms with Gasteiger partial charge in [0.1, 0.15) is 6.07 Å². The summed E-state index contributed by atoms with van der Waals surface area (Å²) in [7, 11) is 0. The lowest BCUT2D eigenvalue weighted by Crippen LogP contribution is -2.07. The van der Waals surface area contributed by atoms with Crippen molar-refractivity contribution in [1.82, 2.24) is 9.13 Å². The van der Waals surface area contributed by atoms with Crippen molar-refractivity contribution in [2.45, 2.75) is 20.0 Å². The molecule has 0 aliphatic carbocycles. The summed E-state index contributed by atoms with van der Waals surface area (Å²) in [5, 5.41) is 24.5. The lowest BCUT2D eigenvalue weighted by molar-refractivity contribution is -0.137.